The number of rotatable bonds is 2. The van der Waals surface area contributed by atoms with Gasteiger partial charge in [0.15, 0.2) is 5.78 Å². The van der Waals surface area contributed by atoms with Crippen LogP contribution < -0.4 is 0 Å². The van der Waals surface area contributed by atoms with Gasteiger partial charge in [0.1, 0.15) is 0 Å². The summed E-state index contributed by atoms with van der Waals surface area (Å²) in [5.74, 6) is -3.68. The molecule has 0 aliphatic carbocycles. The van der Waals surface area contributed by atoms with E-state index in [-0.39, 0.29) is 5.78 Å². The first-order valence-electron chi connectivity index (χ1n) is 4.17. The fraction of sp³-hybridized carbons (Fsp3) is 0. The maximum absolute atomic E-state index is 10.9. The Kier molecular flexibility index (Phi) is 5.89. The highest BCUT2D eigenvalue weighted by molar-refractivity contribution is 6.27. The van der Waals surface area contributed by atoms with Crippen LogP contribution in [0.25, 0.3) is 0 Å². The van der Waals surface area contributed by atoms with Crippen LogP contribution in [0, 0.1) is 0 Å². The number of carbonyl (C=O) groups is 3. The van der Waals surface area contributed by atoms with Crippen LogP contribution in [0.1, 0.15) is 10.4 Å². The van der Waals surface area contributed by atoms with Gasteiger partial charge in [0, 0.05) is 5.56 Å². The normalized spacial score (nSPS) is 8.25. The molecule has 0 aliphatic heterocycles. The van der Waals surface area contributed by atoms with E-state index in [2.05, 4.69) is 6.58 Å². The predicted molar refractivity (Wildman–Crippen MR) is 56.2 cm³/mol. The molecular weight excluding hydrogens is 212 g/mol. The second-order valence-electron chi connectivity index (χ2n) is 2.54. The van der Waals surface area contributed by atoms with Crippen molar-refractivity contribution >= 4 is 17.7 Å². The van der Waals surface area contributed by atoms with E-state index >= 15 is 0 Å². The SMILES string of the molecule is C=CC(=O)c1ccccc1.O=C(O)C(=O)O. The average Bonchev–Trinajstić information content (AvgIpc) is 2.30. The van der Waals surface area contributed by atoms with Gasteiger partial charge in [0.25, 0.3) is 0 Å². The topological polar surface area (TPSA) is 91.7 Å². The van der Waals surface area contributed by atoms with Gasteiger partial charge >= 0.3 is 11.9 Å². The quantitative estimate of drug-likeness (QED) is 0.445. The zero-order chi connectivity index (χ0) is 12.6. The molecule has 2 N–H and O–H groups in total. The molecule has 0 fully saturated rings. The Morgan fingerprint density at radius 1 is 1.00 bits per heavy atom. The van der Waals surface area contributed by atoms with E-state index in [1.807, 2.05) is 18.2 Å². The van der Waals surface area contributed by atoms with Gasteiger partial charge < -0.3 is 10.2 Å². The van der Waals surface area contributed by atoms with E-state index in [1.54, 1.807) is 12.1 Å². The molecule has 0 bridgehead atoms. The Morgan fingerprint density at radius 3 is 1.75 bits per heavy atom. The molecule has 0 spiro atoms. The van der Waals surface area contributed by atoms with Crippen LogP contribution >= 0.6 is 0 Å². The van der Waals surface area contributed by atoms with Gasteiger partial charge in [-0.25, -0.2) is 9.59 Å². The van der Waals surface area contributed by atoms with E-state index in [9.17, 15) is 4.79 Å². The number of carboxylic acid groups (broad SMARTS) is 2. The van der Waals surface area contributed by atoms with Crippen molar-refractivity contribution in [1.82, 2.24) is 0 Å². The van der Waals surface area contributed by atoms with Crippen LogP contribution in [0.3, 0.4) is 0 Å². The molecule has 5 heteroatoms. The highest BCUT2D eigenvalue weighted by Gasteiger charge is 2.04. The molecule has 84 valence electrons. The third-order valence-corrected chi connectivity index (χ3v) is 1.43. The summed E-state index contributed by atoms with van der Waals surface area (Å²) in [6.07, 6.45) is 1.31. The summed E-state index contributed by atoms with van der Waals surface area (Å²) in [5, 5.41) is 14.8. The molecule has 0 unspecified atom stereocenters. The van der Waals surface area contributed by atoms with Crippen molar-refractivity contribution in [1.29, 1.82) is 0 Å². The fourth-order valence-electron chi connectivity index (χ4n) is 0.720. The molecule has 0 amide bonds. The average molecular weight is 222 g/mol. The van der Waals surface area contributed by atoms with Crippen molar-refractivity contribution in [2.45, 2.75) is 0 Å². The summed E-state index contributed by atoms with van der Waals surface area (Å²) in [6, 6.07) is 9.07. The smallest absolute Gasteiger partial charge is 0.414 e. The van der Waals surface area contributed by atoms with Crippen LogP contribution in [-0.4, -0.2) is 27.9 Å². The number of hydrogen-bond acceptors (Lipinski definition) is 3. The molecule has 0 aliphatic rings. The Bertz CT molecular complexity index is 382. The number of carboxylic acids is 2. The molecule has 1 rings (SSSR count). The zero-order valence-electron chi connectivity index (χ0n) is 8.29. The lowest BCUT2D eigenvalue weighted by molar-refractivity contribution is -0.159. The molecule has 1 aromatic rings. The first-order chi connectivity index (χ1) is 7.49. The van der Waals surface area contributed by atoms with Crippen LogP contribution in [0.15, 0.2) is 43.0 Å². The number of benzene rings is 1. The number of hydrogen-bond donors (Lipinski definition) is 2. The predicted octanol–water partition coefficient (Wildman–Crippen LogP) is 1.21. The molecule has 1 aromatic carbocycles. The number of carbonyl (C=O) groups excluding carboxylic acids is 1. The van der Waals surface area contributed by atoms with Crippen LogP contribution in [-0.2, 0) is 9.59 Å². The van der Waals surface area contributed by atoms with Crippen LogP contribution in [0.5, 0.6) is 0 Å². The molecule has 0 radical (unpaired) electrons. The third-order valence-electron chi connectivity index (χ3n) is 1.43. The Labute approximate surface area is 91.6 Å². The van der Waals surface area contributed by atoms with Gasteiger partial charge in [0.2, 0.25) is 0 Å². The molecule has 0 aromatic heterocycles. The summed E-state index contributed by atoms with van der Waals surface area (Å²) in [6.45, 7) is 3.39. The molecule has 16 heavy (non-hydrogen) atoms. The number of allylic oxidation sites excluding steroid dienone is 1. The molecule has 0 saturated heterocycles. The Hall–Kier alpha value is -2.43. The molecular formula is C11H10O5. The fourth-order valence-corrected chi connectivity index (χ4v) is 0.720. The van der Waals surface area contributed by atoms with Crippen molar-refractivity contribution in [3.8, 4) is 0 Å². The Balaban J connectivity index is 0.000000325. The van der Waals surface area contributed by atoms with E-state index in [1.165, 1.54) is 6.08 Å². The summed E-state index contributed by atoms with van der Waals surface area (Å²) in [5.41, 5.74) is 0.692. The van der Waals surface area contributed by atoms with Gasteiger partial charge in [-0.05, 0) is 6.08 Å². The third kappa shape index (κ3) is 5.33. The molecule has 0 saturated carbocycles. The largest absolute Gasteiger partial charge is 0.473 e. The number of aliphatic carboxylic acids is 2. The van der Waals surface area contributed by atoms with Crippen molar-refractivity contribution < 1.29 is 24.6 Å². The maximum atomic E-state index is 10.9. The van der Waals surface area contributed by atoms with Crippen LogP contribution in [0.2, 0.25) is 0 Å². The van der Waals surface area contributed by atoms with Crippen molar-refractivity contribution in [3.05, 3.63) is 48.6 Å². The van der Waals surface area contributed by atoms with Gasteiger partial charge in [-0.15, -0.1) is 0 Å². The summed E-state index contributed by atoms with van der Waals surface area (Å²) >= 11 is 0. The van der Waals surface area contributed by atoms with Gasteiger partial charge in [0.05, 0.1) is 0 Å². The van der Waals surface area contributed by atoms with Crippen molar-refractivity contribution in [2.75, 3.05) is 0 Å². The minimum Gasteiger partial charge on any atom is -0.473 e. The lowest BCUT2D eigenvalue weighted by Gasteiger charge is -1.90. The second kappa shape index (κ2) is 6.94. The zero-order valence-corrected chi connectivity index (χ0v) is 8.29. The summed E-state index contributed by atoms with van der Waals surface area (Å²) < 4.78 is 0. The molecule has 5 nitrogen and oxygen atoms in total. The standard InChI is InChI=1S/C9H8O.C2H2O4/c1-2-9(10)8-6-4-3-5-7-8;3-1(4)2(5)6/h2-7H,1H2;(H,3,4)(H,5,6). The highest BCUT2D eigenvalue weighted by Crippen LogP contribution is 1.99. The summed E-state index contributed by atoms with van der Waals surface area (Å²) in [7, 11) is 0. The monoisotopic (exact) mass is 222 g/mol. The summed E-state index contributed by atoms with van der Waals surface area (Å²) in [4.78, 5) is 29.1. The first kappa shape index (κ1) is 13.6. The second-order valence-corrected chi connectivity index (χ2v) is 2.54. The van der Waals surface area contributed by atoms with Gasteiger partial charge in [-0.1, -0.05) is 36.9 Å². The van der Waals surface area contributed by atoms with E-state index in [0.717, 1.165) is 0 Å². The molecule has 0 atom stereocenters. The lowest BCUT2D eigenvalue weighted by Crippen LogP contribution is -2.09. The minimum atomic E-state index is -1.82. The first-order valence-corrected chi connectivity index (χ1v) is 4.17. The van der Waals surface area contributed by atoms with Crippen molar-refractivity contribution in [2.24, 2.45) is 0 Å². The molecule has 0 heterocycles. The number of ketones is 1. The van der Waals surface area contributed by atoms with Gasteiger partial charge in [-0.2, -0.15) is 0 Å². The van der Waals surface area contributed by atoms with Crippen molar-refractivity contribution in [3.63, 3.8) is 0 Å². The van der Waals surface area contributed by atoms with Crippen LogP contribution in [0.4, 0.5) is 0 Å². The minimum absolute atomic E-state index is 0.0272. The van der Waals surface area contributed by atoms with E-state index in [4.69, 9.17) is 19.8 Å². The highest BCUT2D eigenvalue weighted by atomic mass is 16.4. The lowest BCUT2D eigenvalue weighted by atomic mass is 10.1. The van der Waals surface area contributed by atoms with E-state index in [0.29, 0.717) is 5.56 Å². The van der Waals surface area contributed by atoms with E-state index < -0.39 is 11.9 Å². The Morgan fingerprint density at radius 2 is 1.44 bits per heavy atom. The van der Waals surface area contributed by atoms with Gasteiger partial charge in [-0.3, -0.25) is 4.79 Å². The maximum Gasteiger partial charge on any atom is 0.414 e.